The maximum Gasteiger partial charge on any atom is 0.530 e. The van der Waals surface area contributed by atoms with Gasteiger partial charge in [-0.25, -0.2) is 0 Å². The summed E-state index contributed by atoms with van der Waals surface area (Å²) in [5, 5.41) is 27.2. The molecule has 31 heavy (non-hydrogen) atoms. The van der Waals surface area contributed by atoms with E-state index in [1.54, 1.807) is 0 Å². The summed E-state index contributed by atoms with van der Waals surface area (Å²) in [5.41, 5.74) is 3.04. The second kappa shape index (κ2) is 12.3. The van der Waals surface area contributed by atoms with Gasteiger partial charge in [-0.05, 0) is 72.4 Å². The monoisotopic (exact) mass is 442 g/mol. The number of aliphatic hydroxyl groups excluding tert-OH is 3. The molecule has 3 rings (SSSR count). The molecule has 3 N–H and O–H groups in total. The van der Waals surface area contributed by atoms with E-state index in [1.165, 1.54) is 0 Å². The van der Waals surface area contributed by atoms with Crippen molar-refractivity contribution < 1.29 is 28.9 Å². The van der Waals surface area contributed by atoms with Crippen LogP contribution in [0.4, 0.5) is 0 Å². The molecule has 0 heterocycles. The minimum Gasteiger partial charge on any atom is -0.409 e. The lowest BCUT2D eigenvalue weighted by Crippen LogP contribution is -2.03. The lowest BCUT2D eigenvalue weighted by Gasteiger charge is -2.18. The van der Waals surface area contributed by atoms with E-state index in [0.717, 1.165) is 16.7 Å². The van der Waals surface area contributed by atoms with E-state index in [9.17, 15) is 0 Å². The zero-order valence-corrected chi connectivity index (χ0v) is 18.1. The lowest BCUT2D eigenvalue weighted by atomic mass is 10.2. The highest BCUT2D eigenvalue weighted by atomic mass is 31.2. The summed E-state index contributed by atoms with van der Waals surface area (Å²) in [6, 6.07) is 22.3. The van der Waals surface area contributed by atoms with Crippen molar-refractivity contribution in [1.82, 2.24) is 0 Å². The van der Waals surface area contributed by atoms with Gasteiger partial charge >= 0.3 is 8.60 Å². The topological polar surface area (TPSA) is 88.4 Å². The Morgan fingerprint density at radius 1 is 0.452 bits per heavy atom. The second-order valence-electron chi connectivity index (χ2n) is 6.85. The first kappa shape index (κ1) is 23.0. The molecule has 3 aromatic rings. The highest BCUT2D eigenvalue weighted by Crippen LogP contribution is 2.42. The molecule has 0 aliphatic rings. The molecule has 0 fully saturated rings. The molecule has 7 heteroatoms. The number of rotatable bonds is 12. The summed E-state index contributed by atoms with van der Waals surface area (Å²) in [6.07, 6.45) is 1.76. The molecule has 0 aromatic heterocycles. The van der Waals surface area contributed by atoms with Gasteiger partial charge in [-0.1, -0.05) is 36.4 Å². The van der Waals surface area contributed by atoms with Crippen LogP contribution in [0.2, 0.25) is 0 Å². The van der Waals surface area contributed by atoms with Crippen LogP contribution in [0.25, 0.3) is 0 Å². The zero-order chi connectivity index (χ0) is 21.9. The Bertz CT molecular complexity index is 774. The largest absolute Gasteiger partial charge is 0.530 e. The van der Waals surface area contributed by atoms with Crippen LogP contribution in [-0.2, 0) is 19.3 Å². The van der Waals surface area contributed by atoms with Gasteiger partial charge in [0.25, 0.3) is 0 Å². The van der Waals surface area contributed by atoms with E-state index in [0.29, 0.717) is 36.5 Å². The van der Waals surface area contributed by atoms with Crippen LogP contribution >= 0.6 is 8.60 Å². The first-order valence-corrected chi connectivity index (χ1v) is 11.2. The summed E-state index contributed by atoms with van der Waals surface area (Å²) >= 11 is 0. The predicted octanol–water partition coefficient (Wildman–Crippen LogP) is 4.05. The molecule has 0 unspecified atom stereocenters. The smallest absolute Gasteiger partial charge is 0.409 e. The maximum absolute atomic E-state index is 9.07. The van der Waals surface area contributed by atoms with Crippen molar-refractivity contribution in [3.8, 4) is 17.2 Å². The van der Waals surface area contributed by atoms with Crippen LogP contribution in [-0.4, -0.2) is 35.1 Å². The first-order valence-electron chi connectivity index (χ1n) is 10.1. The molecule has 0 spiro atoms. The fourth-order valence-corrected chi connectivity index (χ4v) is 3.85. The quantitative estimate of drug-likeness (QED) is 0.367. The molecule has 0 amide bonds. The Hall–Kier alpha value is -2.63. The lowest BCUT2D eigenvalue weighted by molar-refractivity contribution is 0.299. The molecule has 0 radical (unpaired) electrons. The molecule has 0 saturated heterocycles. The molecular formula is C24H27O6P. The molecular weight excluding hydrogens is 415 g/mol. The van der Waals surface area contributed by atoms with Crippen molar-refractivity contribution in [2.24, 2.45) is 0 Å². The van der Waals surface area contributed by atoms with Gasteiger partial charge in [-0.3, -0.25) is 0 Å². The number of hydrogen-bond donors (Lipinski definition) is 3. The average Bonchev–Trinajstić information content (AvgIpc) is 2.78. The van der Waals surface area contributed by atoms with Crippen molar-refractivity contribution in [1.29, 1.82) is 0 Å². The fourth-order valence-electron chi connectivity index (χ4n) is 2.85. The van der Waals surface area contributed by atoms with Crippen molar-refractivity contribution in [2.45, 2.75) is 19.3 Å². The summed E-state index contributed by atoms with van der Waals surface area (Å²) in [5.74, 6) is 1.80. The summed E-state index contributed by atoms with van der Waals surface area (Å²) < 4.78 is 18.0. The van der Waals surface area contributed by atoms with Gasteiger partial charge in [0.15, 0.2) is 0 Å². The van der Waals surface area contributed by atoms with Crippen LogP contribution < -0.4 is 13.6 Å². The van der Waals surface area contributed by atoms with Crippen LogP contribution in [0.15, 0.2) is 72.8 Å². The minimum atomic E-state index is -1.79. The van der Waals surface area contributed by atoms with E-state index in [4.69, 9.17) is 28.9 Å². The van der Waals surface area contributed by atoms with Crippen LogP contribution in [0.3, 0.4) is 0 Å². The van der Waals surface area contributed by atoms with Gasteiger partial charge in [-0.15, -0.1) is 0 Å². The molecule has 164 valence electrons. The highest BCUT2D eigenvalue weighted by Gasteiger charge is 2.20. The second-order valence-corrected chi connectivity index (χ2v) is 7.85. The Morgan fingerprint density at radius 2 is 0.710 bits per heavy atom. The Balaban J connectivity index is 1.73. The minimum absolute atomic E-state index is 0.0949. The van der Waals surface area contributed by atoms with Gasteiger partial charge < -0.3 is 28.9 Å². The SMILES string of the molecule is OCCc1ccc(OP(Oc2ccc(CCO)cc2)Oc2ccc(CCO)cc2)cc1. The van der Waals surface area contributed by atoms with E-state index >= 15 is 0 Å². The van der Waals surface area contributed by atoms with Crippen LogP contribution in [0, 0.1) is 0 Å². The number of benzene rings is 3. The van der Waals surface area contributed by atoms with Crippen molar-refractivity contribution in [3.05, 3.63) is 89.5 Å². The normalized spacial score (nSPS) is 10.8. The molecule has 6 nitrogen and oxygen atoms in total. The van der Waals surface area contributed by atoms with Gasteiger partial charge in [0, 0.05) is 19.8 Å². The fraction of sp³-hybridized carbons (Fsp3) is 0.250. The third-order valence-electron chi connectivity index (χ3n) is 4.51. The molecule has 0 saturated carbocycles. The van der Waals surface area contributed by atoms with E-state index < -0.39 is 8.60 Å². The van der Waals surface area contributed by atoms with Crippen molar-refractivity contribution in [2.75, 3.05) is 19.8 Å². The van der Waals surface area contributed by atoms with Gasteiger partial charge in [0.1, 0.15) is 17.2 Å². The molecule has 0 aliphatic carbocycles. The first-order chi connectivity index (χ1) is 15.2. The van der Waals surface area contributed by atoms with Crippen molar-refractivity contribution in [3.63, 3.8) is 0 Å². The summed E-state index contributed by atoms with van der Waals surface area (Å²) in [6.45, 7) is 0.285. The predicted molar refractivity (Wildman–Crippen MR) is 120 cm³/mol. The average molecular weight is 442 g/mol. The number of aliphatic hydroxyl groups is 3. The molecule has 3 aromatic carbocycles. The zero-order valence-electron chi connectivity index (χ0n) is 17.2. The molecule has 0 aliphatic heterocycles. The van der Waals surface area contributed by atoms with Crippen molar-refractivity contribution >= 4 is 8.60 Å². The summed E-state index contributed by atoms with van der Waals surface area (Å²) in [4.78, 5) is 0. The Kier molecular flexibility index (Phi) is 9.13. The highest BCUT2D eigenvalue weighted by molar-refractivity contribution is 7.43. The third-order valence-corrected chi connectivity index (χ3v) is 5.59. The van der Waals surface area contributed by atoms with E-state index in [2.05, 4.69) is 0 Å². The van der Waals surface area contributed by atoms with E-state index in [1.807, 2.05) is 72.8 Å². The molecule has 0 atom stereocenters. The van der Waals surface area contributed by atoms with Crippen LogP contribution in [0.5, 0.6) is 17.2 Å². The standard InChI is InChI=1S/C24H27O6P/c25-16-13-19-1-7-22(8-2-19)28-31(29-23-9-3-20(4-10-23)14-17-26)30-24-11-5-21(6-12-24)15-18-27/h1-12,25-27H,13-18H2. The Morgan fingerprint density at radius 3 is 0.935 bits per heavy atom. The number of hydrogen-bond acceptors (Lipinski definition) is 6. The van der Waals surface area contributed by atoms with Crippen LogP contribution in [0.1, 0.15) is 16.7 Å². The van der Waals surface area contributed by atoms with Gasteiger partial charge in [0.05, 0.1) is 0 Å². The maximum atomic E-state index is 9.07. The van der Waals surface area contributed by atoms with Gasteiger partial charge in [0.2, 0.25) is 0 Å². The van der Waals surface area contributed by atoms with E-state index in [-0.39, 0.29) is 19.8 Å². The Labute approximate surface area is 183 Å². The molecule has 0 bridgehead atoms. The third kappa shape index (κ3) is 7.53. The summed E-state index contributed by atoms with van der Waals surface area (Å²) in [7, 11) is -1.79. The van der Waals surface area contributed by atoms with Gasteiger partial charge in [-0.2, -0.15) is 0 Å².